The van der Waals surface area contributed by atoms with Gasteiger partial charge in [0.1, 0.15) is 0 Å². The highest BCUT2D eigenvalue weighted by Gasteiger charge is 2.09. The highest BCUT2D eigenvalue weighted by Crippen LogP contribution is 2.32. The molecule has 0 saturated carbocycles. The van der Waals surface area contributed by atoms with Crippen molar-refractivity contribution in [3.8, 4) is 0 Å². The fraction of sp³-hybridized carbons (Fsp3) is 0.100. The van der Waals surface area contributed by atoms with Crippen LogP contribution < -0.4 is 0 Å². The van der Waals surface area contributed by atoms with E-state index in [9.17, 15) is 4.79 Å². The summed E-state index contributed by atoms with van der Waals surface area (Å²) in [6.07, 6.45) is 0.902. The molecule has 2 rings (SSSR count). The van der Waals surface area contributed by atoms with Gasteiger partial charge in [0, 0.05) is 30.5 Å². The number of halogens is 2. The molecule has 4 heteroatoms. The Morgan fingerprint density at radius 1 is 1.50 bits per heavy atom. The van der Waals surface area contributed by atoms with Gasteiger partial charge in [-0.05, 0) is 34.2 Å². The monoisotopic (exact) mass is 336 g/mol. The highest BCUT2D eigenvalue weighted by atomic mass is 127. The first-order valence-electron chi connectivity index (χ1n) is 3.97. The summed E-state index contributed by atoms with van der Waals surface area (Å²) >= 11 is 9.65. The van der Waals surface area contributed by atoms with Gasteiger partial charge in [-0.25, -0.2) is 0 Å². The quantitative estimate of drug-likeness (QED) is 0.459. The zero-order valence-electron chi connectivity index (χ0n) is 7.09. The van der Waals surface area contributed by atoms with Crippen LogP contribution in [-0.2, 0) is 5.88 Å². The first-order chi connectivity index (χ1) is 6.77. The minimum Gasteiger partial charge on any atom is -0.298 e. The number of thiophene rings is 1. The van der Waals surface area contributed by atoms with E-state index in [4.69, 9.17) is 11.6 Å². The Hall–Kier alpha value is -0.130. The summed E-state index contributed by atoms with van der Waals surface area (Å²) < 4.78 is 2.24. The molecule has 1 nitrogen and oxygen atoms in total. The topological polar surface area (TPSA) is 17.1 Å². The summed E-state index contributed by atoms with van der Waals surface area (Å²) in [6, 6.07) is 4.02. The fourth-order valence-electron chi connectivity index (χ4n) is 1.38. The summed E-state index contributed by atoms with van der Waals surface area (Å²) in [4.78, 5) is 10.8. The van der Waals surface area contributed by atoms with E-state index in [0.29, 0.717) is 5.88 Å². The van der Waals surface area contributed by atoms with Crippen LogP contribution in [0, 0.1) is 3.57 Å². The van der Waals surface area contributed by atoms with Crippen molar-refractivity contribution >= 4 is 61.9 Å². The summed E-state index contributed by atoms with van der Waals surface area (Å²) in [7, 11) is 0. The number of alkyl halides is 1. The zero-order valence-corrected chi connectivity index (χ0v) is 10.8. The molecule has 0 aliphatic heterocycles. The largest absolute Gasteiger partial charge is 0.298 e. The van der Waals surface area contributed by atoms with Crippen molar-refractivity contribution in [3.63, 3.8) is 0 Å². The second-order valence-electron chi connectivity index (χ2n) is 2.85. The molecule has 1 aromatic heterocycles. The van der Waals surface area contributed by atoms with E-state index in [0.717, 1.165) is 31.1 Å². The Morgan fingerprint density at radius 3 is 2.93 bits per heavy atom. The van der Waals surface area contributed by atoms with Gasteiger partial charge in [-0.15, -0.1) is 22.9 Å². The maximum absolute atomic E-state index is 10.8. The summed E-state index contributed by atoms with van der Waals surface area (Å²) in [5.41, 5.74) is 1.86. The van der Waals surface area contributed by atoms with Gasteiger partial charge >= 0.3 is 0 Å². The molecule has 0 aliphatic rings. The average Bonchev–Trinajstić information content (AvgIpc) is 2.63. The van der Waals surface area contributed by atoms with Crippen LogP contribution >= 0.6 is 45.5 Å². The van der Waals surface area contributed by atoms with Crippen LogP contribution in [0.5, 0.6) is 0 Å². The first-order valence-corrected chi connectivity index (χ1v) is 6.47. The second kappa shape index (κ2) is 4.16. The molecule has 0 saturated heterocycles. The third-order valence-corrected chi connectivity index (χ3v) is 4.31. The van der Waals surface area contributed by atoms with Crippen LogP contribution in [0.3, 0.4) is 0 Å². The predicted octanol–water partition coefficient (Wildman–Crippen LogP) is 4.06. The number of fused-ring (bicyclic) bond motifs is 1. The maximum Gasteiger partial charge on any atom is 0.151 e. The Morgan fingerprint density at radius 2 is 2.29 bits per heavy atom. The van der Waals surface area contributed by atoms with E-state index in [1.807, 2.05) is 17.5 Å². The molecule has 0 radical (unpaired) electrons. The zero-order chi connectivity index (χ0) is 10.1. The SMILES string of the molecule is O=Cc1csc2c(CCl)ccc(I)c12. The fourth-order valence-corrected chi connectivity index (χ4v) is 3.68. The van der Waals surface area contributed by atoms with Crippen molar-refractivity contribution < 1.29 is 4.79 Å². The smallest absolute Gasteiger partial charge is 0.151 e. The van der Waals surface area contributed by atoms with Crippen LogP contribution in [0.15, 0.2) is 17.5 Å². The van der Waals surface area contributed by atoms with Crippen molar-refractivity contribution in [1.82, 2.24) is 0 Å². The molecular weight excluding hydrogens is 331 g/mol. The van der Waals surface area contributed by atoms with Crippen LogP contribution in [0.1, 0.15) is 15.9 Å². The normalized spacial score (nSPS) is 10.7. The predicted molar refractivity (Wildman–Crippen MR) is 69.5 cm³/mol. The third kappa shape index (κ3) is 1.57. The molecule has 72 valence electrons. The van der Waals surface area contributed by atoms with Gasteiger partial charge in [0.05, 0.1) is 0 Å². The maximum atomic E-state index is 10.8. The number of hydrogen-bond donors (Lipinski definition) is 0. The number of benzene rings is 1. The lowest BCUT2D eigenvalue weighted by atomic mass is 10.1. The van der Waals surface area contributed by atoms with Crippen molar-refractivity contribution in [1.29, 1.82) is 0 Å². The summed E-state index contributed by atoms with van der Waals surface area (Å²) in [5.74, 6) is 0.492. The van der Waals surface area contributed by atoms with Gasteiger partial charge in [-0.3, -0.25) is 4.79 Å². The number of carbonyl (C=O) groups excluding carboxylic acids is 1. The summed E-state index contributed by atoms with van der Waals surface area (Å²) in [5, 5.41) is 2.93. The molecule has 2 aromatic rings. The van der Waals surface area contributed by atoms with E-state index in [2.05, 4.69) is 22.6 Å². The lowest BCUT2D eigenvalue weighted by Crippen LogP contribution is -1.83. The van der Waals surface area contributed by atoms with Crippen LogP contribution in [-0.4, -0.2) is 6.29 Å². The lowest BCUT2D eigenvalue weighted by Gasteiger charge is -2.00. The van der Waals surface area contributed by atoms with E-state index >= 15 is 0 Å². The Labute approximate surface area is 104 Å². The number of carbonyl (C=O) groups is 1. The molecule has 0 bridgehead atoms. The van der Waals surface area contributed by atoms with Crippen molar-refractivity contribution in [2.45, 2.75) is 5.88 Å². The Kier molecular flexibility index (Phi) is 3.09. The second-order valence-corrected chi connectivity index (χ2v) is 5.16. The molecule has 1 aromatic carbocycles. The van der Waals surface area contributed by atoms with E-state index in [-0.39, 0.29) is 0 Å². The number of aldehydes is 1. The lowest BCUT2D eigenvalue weighted by molar-refractivity contribution is 0.112. The molecule has 0 aliphatic carbocycles. The Bertz CT molecular complexity index is 492. The van der Waals surface area contributed by atoms with Gasteiger partial charge in [0.15, 0.2) is 6.29 Å². The minimum atomic E-state index is 0.492. The molecule has 0 spiro atoms. The van der Waals surface area contributed by atoms with E-state index < -0.39 is 0 Å². The van der Waals surface area contributed by atoms with Crippen molar-refractivity contribution in [2.75, 3.05) is 0 Å². The van der Waals surface area contributed by atoms with Crippen LogP contribution in [0.25, 0.3) is 10.1 Å². The van der Waals surface area contributed by atoms with E-state index in [1.54, 1.807) is 11.3 Å². The molecule has 14 heavy (non-hydrogen) atoms. The molecular formula is C10H6ClIOS. The molecule has 0 unspecified atom stereocenters. The molecule has 1 heterocycles. The Balaban J connectivity index is 2.86. The molecule has 0 amide bonds. The van der Waals surface area contributed by atoms with Gasteiger partial charge in [-0.2, -0.15) is 0 Å². The molecule has 0 N–H and O–H groups in total. The van der Waals surface area contributed by atoms with Crippen LogP contribution in [0.2, 0.25) is 0 Å². The molecule has 0 fully saturated rings. The van der Waals surface area contributed by atoms with Gasteiger partial charge in [0.25, 0.3) is 0 Å². The first kappa shape index (κ1) is 10.4. The summed E-state index contributed by atoms with van der Waals surface area (Å²) in [6.45, 7) is 0. The van der Waals surface area contributed by atoms with Crippen LogP contribution in [0.4, 0.5) is 0 Å². The minimum absolute atomic E-state index is 0.492. The molecule has 0 atom stereocenters. The van der Waals surface area contributed by atoms with Crippen molar-refractivity contribution in [2.24, 2.45) is 0 Å². The third-order valence-electron chi connectivity index (χ3n) is 2.05. The van der Waals surface area contributed by atoms with Crippen molar-refractivity contribution in [3.05, 3.63) is 32.2 Å². The number of hydrogen-bond acceptors (Lipinski definition) is 2. The van der Waals surface area contributed by atoms with Gasteiger partial charge in [-0.1, -0.05) is 6.07 Å². The standard InChI is InChI=1S/C10H6ClIOS/c11-3-6-1-2-8(12)9-7(4-13)5-14-10(6)9/h1-2,4-5H,3H2. The van der Waals surface area contributed by atoms with Gasteiger partial charge < -0.3 is 0 Å². The van der Waals surface area contributed by atoms with E-state index in [1.165, 1.54) is 0 Å². The number of rotatable bonds is 2. The van der Waals surface area contributed by atoms with Gasteiger partial charge in [0.2, 0.25) is 0 Å². The highest BCUT2D eigenvalue weighted by molar-refractivity contribution is 14.1. The average molecular weight is 337 g/mol.